The molecule has 1 aliphatic heterocycles. The van der Waals surface area contributed by atoms with E-state index in [4.69, 9.17) is 0 Å². The van der Waals surface area contributed by atoms with E-state index in [9.17, 15) is 4.79 Å². The molecule has 0 bridgehead atoms. The lowest BCUT2D eigenvalue weighted by molar-refractivity contribution is -0.892. The Labute approximate surface area is 155 Å². The first-order valence-corrected chi connectivity index (χ1v) is 9.18. The van der Waals surface area contributed by atoms with Gasteiger partial charge in [-0.1, -0.05) is 23.8 Å². The zero-order valence-electron chi connectivity index (χ0n) is 15.9. The van der Waals surface area contributed by atoms with E-state index in [0.717, 1.165) is 32.1 Å². The molecule has 0 spiro atoms. The smallest absolute Gasteiger partial charge is 0.277 e. The first-order chi connectivity index (χ1) is 12.5. The Morgan fingerprint density at radius 2 is 1.88 bits per heavy atom. The van der Waals surface area contributed by atoms with Gasteiger partial charge < -0.3 is 14.7 Å². The third-order valence-electron chi connectivity index (χ3n) is 5.04. The Balaban J connectivity index is 1.49. The Morgan fingerprint density at radius 1 is 1.19 bits per heavy atom. The van der Waals surface area contributed by atoms with Gasteiger partial charge in [0.15, 0.2) is 6.54 Å². The lowest BCUT2D eigenvalue weighted by Crippen LogP contribution is -3.15. The van der Waals surface area contributed by atoms with Crippen molar-refractivity contribution in [3.05, 3.63) is 53.3 Å². The number of nitrogens with zero attached hydrogens (tertiary/aromatic N) is 4. The quantitative estimate of drug-likeness (QED) is 0.848. The fourth-order valence-electron chi connectivity index (χ4n) is 3.37. The van der Waals surface area contributed by atoms with Gasteiger partial charge in [-0.3, -0.25) is 4.79 Å². The van der Waals surface area contributed by atoms with E-state index in [-0.39, 0.29) is 5.91 Å². The number of anilines is 1. The van der Waals surface area contributed by atoms with Gasteiger partial charge >= 0.3 is 0 Å². The summed E-state index contributed by atoms with van der Waals surface area (Å²) >= 11 is 0. The molecule has 2 aromatic rings. The predicted octanol–water partition coefficient (Wildman–Crippen LogP) is 0.457. The zero-order valence-corrected chi connectivity index (χ0v) is 15.9. The second kappa shape index (κ2) is 8.27. The Hall–Kier alpha value is -2.47. The summed E-state index contributed by atoms with van der Waals surface area (Å²) in [6.45, 7) is 9.04. The van der Waals surface area contributed by atoms with Crippen molar-refractivity contribution in [1.82, 2.24) is 14.9 Å². The van der Waals surface area contributed by atoms with Crippen LogP contribution in [0.3, 0.4) is 0 Å². The van der Waals surface area contributed by atoms with Crippen molar-refractivity contribution >= 4 is 11.9 Å². The van der Waals surface area contributed by atoms with E-state index in [1.165, 1.54) is 21.6 Å². The Bertz CT molecular complexity index is 741. The van der Waals surface area contributed by atoms with E-state index < -0.39 is 0 Å². The van der Waals surface area contributed by atoms with Crippen LogP contribution in [0.15, 0.2) is 36.7 Å². The summed E-state index contributed by atoms with van der Waals surface area (Å²) in [4.78, 5) is 26.6. The summed E-state index contributed by atoms with van der Waals surface area (Å²) in [5.41, 5.74) is 3.71. The van der Waals surface area contributed by atoms with E-state index in [1.807, 2.05) is 18.0 Å². The zero-order chi connectivity index (χ0) is 18.5. The number of aryl methyl sites for hydroxylation is 2. The fourth-order valence-corrected chi connectivity index (χ4v) is 3.37. The predicted molar refractivity (Wildman–Crippen MR) is 102 cm³/mol. The van der Waals surface area contributed by atoms with Crippen LogP contribution in [-0.2, 0) is 11.3 Å². The minimum Gasteiger partial charge on any atom is -0.337 e. The maximum Gasteiger partial charge on any atom is 0.277 e. The number of nitrogens with one attached hydrogen (secondary N) is 1. The monoisotopic (exact) mass is 354 g/mol. The van der Waals surface area contributed by atoms with Crippen molar-refractivity contribution in [2.75, 3.05) is 44.7 Å². The third-order valence-corrected chi connectivity index (χ3v) is 5.04. The topological polar surface area (TPSA) is 53.8 Å². The Kier molecular flexibility index (Phi) is 5.83. The van der Waals surface area contributed by atoms with E-state index in [0.29, 0.717) is 13.1 Å². The van der Waals surface area contributed by atoms with Gasteiger partial charge in [-0.05, 0) is 31.0 Å². The minimum absolute atomic E-state index is 0.199. The van der Waals surface area contributed by atoms with Crippen LogP contribution >= 0.6 is 0 Å². The second-order valence-electron chi connectivity index (χ2n) is 7.14. The number of quaternary nitrogens is 1. The van der Waals surface area contributed by atoms with Gasteiger partial charge in [-0.2, -0.15) is 0 Å². The molecule has 1 aromatic heterocycles. The van der Waals surface area contributed by atoms with Gasteiger partial charge in [-0.25, -0.2) is 9.97 Å². The van der Waals surface area contributed by atoms with Crippen molar-refractivity contribution < 1.29 is 9.69 Å². The standard InChI is InChI=1S/C20H27N5O/c1-16-5-6-18(17(2)13-16)14-23(3)19(26)15-24-9-11-25(12-10-24)20-21-7-4-8-22-20/h4-8,13H,9-12,14-15H2,1-3H3/p+1. The van der Waals surface area contributed by atoms with Crippen LogP contribution in [0.2, 0.25) is 0 Å². The van der Waals surface area contributed by atoms with E-state index in [1.54, 1.807) is 12.4 Å². The molecule has 0 unspecified atom stereocenters. The average molecular weight is 354 g/mol. The van der Waals surface area contributed by atoms with Crippen molar-refractivity contribution in [3.8, 4) is 0 Å². The van der Waals surface area contributed by atoms with Gasteiger partial charge in [0.25, 0.3) is 5.91 Å². The molecule has 1 amide bonds. The van der Waals surface area contributed by atoms with Crippen LogP contribution in [0.25, 0.3) is 0 Å². The number of amides is 1. The molecular formula is C20H28N5O+. The maximum absolute atomic E-state index is 12.6. The summed E-state index contributed by atoms with van der Waals surface area (Å²) < 4.78 is 0. The third kappa shape index (κ3) is 4.58. The summed E-state index contributed by atoms with van der Waals surface area (Å²) in [5.74, 6) is 0.981. The summed E-state index contributed by atoms with van der Waals surface area (Å²) in [7, 11) is 1.90. The summed E-state index contributed by atoms with van der Waals surface area (Å²) in [6.07, 6.45) is 3.54. The minimum atomic E-state index is 0.199. The molecule has 0 radical (unpaired) electrons. The molecule has 6 nitrogen and oxygen atoms in total. The van der Waals surface area contributed by atoms with Crippen molar-refractivity contribution in [1.29, 1.82) is 0 Å². The van der Waals surface area contributed by atoms with Gasteiger partial charge in [0.2, 0.25) is 5.95 Å². The maximum atomic E-state index is 12.6. The molecule has 2 heterocycles. The average Bonchev–Trinajstić information content (AvgIpc) is 2.65. The fraction of sp³-hybridized carbons (Fsp3) is 0.450. The van der Waals surface area contributed by atoms with Crippen LogP contribution in [0.1, 0.15) is 16.7 Å². The van der Waals surface area contributed by atoms with Crippen LogP contribution in [-0.4, -0.2) is 60.5 Å². The molecule has 1 aliphatic rings. The number of carbonyl (C=O) groups is 1. The molecule has 0 atom stereocenters. The van der Waals surface area contributed by atoms with E-state index >= 15 is 0 Å². The number of hydrogen-bond acceptors (Lipinski definition) is 4. The van der Waals surface area contributed by atoms with Crippen molar-refractivity contribution in [3.63, 3.8) is 0 Å². The number of carbonyl (C=O) groups excluding carboxylic acids is 1. The molecule has 1 saturated heterocycles. The highest BCUT2D eigenvalue weighted by Crippen LogP contribution is 2.12. The normalized spacial score (nSPS) is 15.1. The first-order valence-electron chi connectivity index (χ1n) is 9.18. The first kappa shape index (κ1) is 18.3. The number of benzene rings is 1. The number of rotatable bonds is 5. The largest absolute Gasteiger partial charge is 0.337 e. The lowest BCUT2D eigenvalue weighted by atomic mass is 10.1. The van der Waals surface area contributed by atoms with Crippen LogP contribution in [0.4, 0.5) is 5.95 Å². The molecule has 26 heavy (non-hydrogen) atoms. The van der Waals surface area contributed by atoms with Crippen LogP contribution in [0, 0.1) is 13.8 Å². The SMILES string of the molecule is Cc1ccc(CN(C)C(=O)C[NH+]2CCN(c3ncccn3)CC2)c(C)c1. The molecule has 1 fully saturated rings. The molecule has 1 N–H and O–H groups in total. The van der Waals surface area contributed by atoms with Crippen molar-refractivity contribution in [2.45, 2.75) is 20.4 Å². The van der Waals surface area contributed by atoms with Gasteiger partial charge in [0.1, 0.15) is 0 Å². The highest BCUT2D eigenvalue weighted by Gasteiger charge is 2.24. The van der Waals surface area contributed by atoms with Crippen LogP contribution < -0.4 is 9.80 Å². The number of likely N-dealkylation sites (N-methyl/N-ethyl adjacent to an activating group) is 1. The number of piperazine rings is 1. The van der Waals surface area contributed by atoms with Gasteiger partial charge in [-0.15, -0.1) is 0 Å². The van der Waals surface area contributed by atoms with E-state index in [2.05, 4.69) is 46.9 Å². The molecule has 0 saturated carbocycles. The van der Waals surface area contributed by atoms with Crippen LogP contribution in [0.5, 0.6) is 0 Å². The molecule has 0 aliphatic carbocycles. The molecular weight excluding hydrogens is 326 g/mol. The molecule has 3 rings (SSSR count). The molecule has 1 aromatic carbocycles. The van der Waals surface area contributed by atoms with Crippen molar-refractivity contribution in [2.24, 2.45) is 0 Å². The number of hydrogen-bond donors (Lipinski definition) is 1. The Morgan fingerprint density at radius 3 is 2.54 bits per heavy atom. The second-order valence-corrected chi connectivity index (χ2v) is 7.14. The van der Waals surface area contributed by atoms with Gasteiger partial charge in [0.05, 0.1) is 26.2 Å². The number of aromatic nitrogens is 2. The van der Waals surface area contributed by atoms with Gasteiger partial charge in [0, 0.05) is 26.0 Å². The highest BCUT2D eigenvalue weighted by atomic mass is 16.2. The highest BCUT2D eigenvalue weighted by molar-refractivity contribution is 5.76. The molecule has 138 valence electrons. The lowest BCUT2D eigenvalue weighted by Gasteiger charge is -2.32. The molecule has 6 heteroatoms. The summed E-state index contributed by atoms with van der Waals surface area (Å²) in [5, 5.41) is 0. The summed E-state index contributed by atoms with van der Waals surface area (Å²) in [6, 6.07) is 8.23.